The van der Waals surface area contributed by atoms with Crippen molar-refractivity contribution in [3.8, 4) is 0 Å². The van der Waals surface area contributed by atoms with Crippen molar-refractivity contribution < 1.29 is 4.52 Å². The molecule has 1 N–H and O–H groups in total. The van der Waals surface area contributed by atoms with Crippen LogP contribution in [0, 0.1) is 12.8 Å². The first-order valence-electron chi connectivity index (χ1n) is 4.71. The van der Waals surface area contributed by atoms with Crippen LogP contribution >= 0.6 is 11.8 Å². The van der Waals surface area contributed by atoms with E-state index in [0.29, 0.717) is 18.4 Å². The fraction of sp³-hybridized carbons (Fsp3) is 0.778. The zero-order chi connectivity index (χ0) is 10.4. The largest absolute Gasteiger partial charge is 0.340 e. The molecule has 0 aliphatic carbocycles. The molecule has 0 aliphatic heterocycles. The molecule has 1 unspecified atom stereocenters. The van der Waals surface area contributed by atoms with Gasteiger partial charge in [0.25, 0.3) is 0 Å². The van der Waals surface area contributed by atoms with Crippen molar-refractivity contribution in [2.24, 2.45) is 5.92 Å². The van der Waals surface area contributed by atoms with Crippen LogP contribution < -0.4 is 5.32 Å². The molecule has 1 atom stereocenters. The second-order valence-corrected chi connectivity index (χ2v) is 4.33. The van der Waals surface area contributed by atoms with Crippen LogP contribution in [0.2, 0.25) is 0 Å². The van der Waals surface area contributed by atoms with Crippen LogP contribution in [0.15, 0.2) is 4.52 Å². The highest BCUT2D eigenvalue weighted by atomic mass is 32.2. The van der Waals surface area contributed by atoms with E-state index in [9.17, 15) is 0 Å². The lowest BCUT2D eigenvalue weighted by Gasteiger charge is -2.09. The third kappa shape index (κ3) is 4.11. The minimum atomic E-state index is 0.624. The first kappa shape index (κ1) is 11.5. The highest BCUT2D eigenvalue weighted by Gasteiger charge is 2.03. The number of nitrogens with zero attached hydrogens (tertiary/aromatic N) is 2. The van der Waals surface area contributed by atoms with E-state index in [0.717, 1.165) is 12.4 Å². The van der Waals surface area contributed by atoms with E-state index in [2.05, 4.69) is 28.6 Å². The lowest BCUT2D eigenvalue weighted by molar-refractivity contribution is 0.384. The van der Waals surface area contributed by atoms with E-state index in [1.807, 2.05) is 11.8 Å². The Morgan fingerprint density at radius 2 is 2.36 bits per heavy atom. The van der Waals surface area contributed by atoms with E-state index in [-0.39, 0.29) is 0 Å². The van der Waals surface area contributed by atoms with E-state index >= 15 is 0 Å². The highest BCUT2D eigenvalue weighted by molar-refractivity contribution is 7.98. The SMILES string of the molecule is CSCC(C)CNCc1noc(C)n1. The first-order chi connectivity index (χ1) is 6.72. The van der Waals surface area contributed by atoms with Gasteiger partial charge >= 0.3 is 0 Å². The molecule has 0 spiro atoms. The quantitative estimate of drug-likeness (QED) is 0.778. The number of nitrogens with one attached hydrogen (secondary N) is 1. The molecule has 0 saturated carbocycles. The van der Waals surface area contributed by atoms with E-state index in [1.54, 1.807) is 6.92 Å². The lowest BCUT2D eigenvalue weighted by atomic mass is 10.2. The smallest absolute Gasteiger partial charge is 0.223 e. The Balaban J connectivity index is 2.15. The average Bonchev–Trinajstić information content (AvgIpc) is 2.52. The van der Waals surface area contributed by atoms with Gasteiger partial charge in [0.15, 0.2) is 5.82 Å². The van der Waals surface area contributed by atoms with Gasteiger partial charge in [-0.05, 0) is 24.5 Å². The van der Waals surface area contributed by atoms with Crippen molar-refractivity contribution in [2.75, 3.05) is 18.6 Å². The topological polar surface area (TPSA) is 51.0 Å². The van der Waals surface area contributed by atoms with Crippen LogP contribution in [-0.2, 0) is 6.54 Å². The van der Waals surface area contributed by atoms with Gasteiger partial charge in [0.1, 0.15) is 0 Å². The van der Waals surface area contributed by atoms with Crippen molar-refractivity contribution in [1.82, 2.24) is 15.5 Å². The molecule has 1 heterocycles. The van der Waals surface area contributed by atoms with Gasteiger partial charge in [-0.15, -0.1) is 0 Å². The Labute approximate surface area is 88.8 Å². The van der Waals surface area contributed by atoms with Crippen LogP contribution in [0.25, 0.3) is 0 Å². The molecular formula is C9H17N3OS. The lowest BCUT2D eigenvalue weighted by Crippen LogP contribution is -2.22. The van der Waals surface area contributed by atoms with Crippen LogP contribution in [-0.4, -0.2) is 28.7 Å². The van der Waals surface area contributed by atoms with Gasteiger partial charge in [-0.1, -0.05) is 12.1 Å². The van der Waals surface area contributed by atoms with Gasteiger partial charge in [0, 0.05) is 6.92 Å². The highest BCUT2D eigenvalue weighted by Crippen LogP contribution is 2.03. The third-order valence-electron chi connectivity index (χ3n) is 1.80. The van der Waals surface area contributed by atoms with E-state index in [4.69, 9.17) is 4.52 Å². The molecule has 5 heteroatoms. The van der Waals surface area contributed by atoms with Crippen molar-refractivity contribution in [3.63, 3.8) is 0 Å². The Morgan fingerprint density at radius 1 is 1.57 bits per heavy atom. The summed E-state index contributed by atoms with van der Waals surface area (Å²) in [4.78, 5) is 4.11. The molecule has 0 saturated heterocycles. The van der Waals surface area contributed by atoms with Crippen molar-refractivity contribution in [3.05, 3.63) is 11.7 Å². The van der Waals surface area contributed by atoms with Gasteiger partial charge < -0.3 is 9.84 Å². The number of aryl methyl sites for hydroxylation is 1. The van der Waals surface area contributed by atoms with E-state index < -0.39 is 0 Å². The fourth-order valence-electron chi connectivity index (χ4n) is 1.19. The molecule has 4 nitrogen and oxygen atoms in total. The zero-order valence-electron chi connectivity index (χ0n) is 8.91. The van der Waals surface area contributed by atoms with Gasteiger partial charge in [-0.3, -0.25) is 0 Å². The fourth-order valence-corrected chi connectivity index (χ4v) is 1.87. The Morgan fingerprint density at radius 3 is 2.93 bits per heavy atom. The van der Waals surface area contributed by atoms with Crippen LogP contribution in [0.5, 0.6) is 0 Å². The molecule has 1 aromatic rings. The maximum absolute atomic E-state index is 4.86. The number of hydrogen-bond acceptors (Lipinski definition) is 5. The maximum atomic E-state index is 4.86. The van der Waals surface area contributed by atoms with Crippen molar-refractivity contribution >= 4 is 11.8 Å². The third-order valence-corrected chi connectivity index (χ3v) is 2.70. The summed E-state index contributed by atoms with van der Waals surface area (Å²) in [5.41, 5.74) is 0. The molecule has 0 aromatic carbocycles. The minimum absolute atomic E-state index is 0.624. The molecule has 0 radical (unpaired) electrons. The Hall–Kier alpha value is -0.550. The molecule has 14 heavy (non-hydrogen) atoms. The predicted molar refractivity (Wildman–Crippen MR) is 58.3 cm³/mol. The van der Waals surface area contributed by atoms with Gasteiger partial charge in [-0.25, -0.2) is 0 Å². The Bertz CT molecular complexity index is 264. The van der Waals surface area contributed by atoms with Crippen molar-refractivity contribution in [1.29, 1.82) is 0 Å². The number of rotatable bonds is 6. The van der Waals surface area contributed by atoms with Crippen LogP contribution in [0.3, 0.4) is 0 Å². The summed E-state index contributed by atoms with van der Waals surface area (Å²) in [6, 6.07) is 0. The molecule has 0 bridgehead atoms. The minimum Gasteiger partial charge on any atom is -0.340 e. The summed E-state index contributed by atoms with van der Waals surface area (Å²) in [6.45, 7) is 5.71. The van der Waals surface area contributed by atoms with Crippen LogP contribution in [0.1, 0.15) is 18.6 Å². The summed E-state index contributed by atoms with van der Waals surface area (Å²) < 4.78 is 4.86. The molecule has 0 fully saturated rings. The summed E-state index contributed by atoms with van der Waals surface area (Å²) in [7, 11) is 0. The molecule has 0 amide bonds. The van der Waals surface area contributed by atoms with Crippen LogP contribution in [0.4, 0.5) is 0 Å². The maximum Gasteiger partial charge on any atom is 0.223 e. The van der Waals surface area contributed by atoms with Crippen molar-refractivity contribution in [2.45, 2.75) is 20.4 Å². The zero-order valence-corrected chi connectivity index (χ0v) is 9.73. The summed E-state index contributed by atoms with van der Waals surface area (Å²) in [5, 5.41) is 7.11. The second-order valence-electron chi connectivity index (χ2n) is 3.42. The Kier molecular flexibility index (Phi) is 4.97. The first-order valence-corrected chi connectivity index (χ1v) is 6.10. The standard InChI is InChI=1S/C9H17N3OS/c1-7(6-14-3)4-10-5-9-11-8(2)13-12-9/h7,10H,4-6H2,1-3H3. The average molecular weight is 215 g/mol. The summed E-state index contributed by atoms with van der Waals surface area (Å²) >= 11 is 1.87. The molecule has 80 valence electrons. The molecule has 1 aromatic heterocycles. The number of aromatic nitrogens is 2. The monoisotopic (exact) mass is 215 g/mol. The van der Waals surface area contributed by atoms with E-state index in [1.165, 1.54) is 5.75 Å². The molecular weight excluding hydrogens is 198 g/mol. The molecule has 0 aliphatic rings. The summed E-state index contributed by atoms with van der Waals surface area (Å²) in [6.07, 6.45) is 2.12. The van der Waals surface area contributed by atoms with Gasteiger partial charge in [0.05, 0.1) is 6.54 Å². The predicted octanol–water partition coefficient (Wildman–Crippen LogP) is 1.47. The van der Waals surface area contributed by atoms with Gasteiger partial charge in [-0.2, -0.15) is 16.7 Å². The molecule has 1 rings (SSSR count). The second kappa shape index (κ2) is 6.03. The number of thioether (sulfide) groups is 1. The normalized spacial score (nSPS) is 13.1. The van der Waals surface area contributed by atoms with Gasteiger partial charge in [0.2, 0.25) is 5.89 Å². The number of hydrogen-bond donors (Lipinski definition) is 1. The summed E-state index contributed by atoms with van der Waals surface area (Å²) in [5.74, 6) is 3.22.